The Kier molecular flexibility index (Phi) is 6.27. The summed E-state index contributed by atoms with van der Waals surface area (Å²) in [5.74, 6) is -1.21. The number of carbonyl (C=O) groups excluding carboxylic acids is 2. The monoisotopic (exact) mass is 364 g/mol. The maximum absolute atomic E-state index is 13.1. The van der Waals surface area contributed by atoms with Crippen LogP contribution in [0.5, 0.6) is 0 Å². The van der Waals surface area contributed by atoms with E-state index in [0.29, 0.717) is 6.54 Å². The summed E-state index contributed by atoms with van der Waals surface area (Å²) in [6.07, 6.45) is -4.68. The lowest BCUT2D eigenvalue weighted by molar-refractivity contribution is -0.138. The van der Waals surface area contributed by atoms with Crippen molar-refractivity contribution in [1.29, 1.82) is 0 Å². The molecule has 1 aromatic carbocycles. The minimum atomic E-state index is -4.68. The van der Waals surface area contributed by atoms with Crippen LogP contribution in [0.1, 0.15) is 33.3 Å². The summed E-state index contributed by atoms with van der Waals surface area (Å²) in [5.41, 5.74) is -3.04. The van der Waals surface area contributed by atoms with Crippen LogP contribution in [0.4, 0.5) is 18.9 Å². The predicted octanol–water partition coefficient (Wildman–Crippen LogP) is 4.10. The lowest BCUT2D eigenvalue weighted by Gasteiger charge is -2.24. The van der Waals surface area contributed by atoms with Crippen molar-refractivity contribution in [1.82, 2.24) is 5.32 Å². The van der Waals surface area contributed by atoms with Gasteiger partial charge in [0.15, 0.2) is 0 Å². The summed E-state index contributed by atoms with van der Waals surface area (Å²) in [4.78, 5) is 24.4. The van der Waals surface area contributed by atoms with Gasteiger partial charge in [0, 0.05) is 11.6 Å². The summed E-state index contributed by atoms with van der Waals surface area (Å²) < 4.78 is 39.2. The second-order valence-electron chi connectivity index (χ2n) is 6.37. The van der Waals surface area contributed by atoms with Crippen molar-refractivity contribution in [3.8, 4) is 0 Å². The number of anilines is 1. The third kappa shape index (κ3) is 5.12. The topological polar surface area (TPSA) is 58.2 Å². The SMILES string of the molecule is CC(C)CNC(=O)C(C)(C)C(=O)Nc1ccc(Cl)cc1C(F)(F)F. The predicted molar refractivity (Wildman–Crippen MR) is 86.7 cm³/mol. The van der Waals surface area contributed by atoms with E-state index in [4.69, 9.17) is 11.6 Å². The van der Waals surface area contributed by atoms with Gasteiger partial charge in [-0.25, -0.2) is 0 Å². The smallest absolute Gasteiger partial charge is 0.355 e. The van der Waals surface area contributed by atoms with E-state index in [-0.39, 0.29) is 10.9 Å². The van der Waals surface area contributed by atoms with Crippen LogP contribution in [0, 0.1) is 11.3 Å². The van der Waals surface area contributed by atoms with Crippen molar-refractivity contribution in [2.24, 2.45) is 11.3 Å². The molecule has 0 aliphatic heterocycles. The van der Waals surface area contributed by atoms with E-state index < -0.39 is 34.7 Å². The van der Waals surface area contributed by atoms with Crippen LogP contribution in [-0.2, 0) is 15.8 Å². The molecule has 8 heteroatoms. The Morgan fingerprint density at radius 2 is 1.75 bits per heavy atom. The van der Waals surface area contributed by atoms with Crippen LogP contribution >= 0.6 is 11.6 Å². The molecule has 0 spiro atoms. The Bertz CT molecular complexity index is 628. The molecular weight excluding hydrogens is 345 g/mol. The quantitative estimate of drug-likeness (QED) is 0.773. The molecular formula is C16H20ClF3N2O2. The first-order valence-corrected chi connectivity index (χ1v) is 7.70. The second-order valence-corrected chi connectivity index (χ2v) is 6.81. The number of hydrogen-bond acceptors (Lipinski definition) is 2. The van der Waals surface area contributed by atoms with Gasteiger partial charge in [-0.2, -0.15) is 13.2 Å². The van der Waals surface area contributed by atoms with Crippen LogP contribution in [0.3, 0.4) is 0 Å². The first kappa shape index (κ1) is 20.3. The summed E-state index contributed by atoms with van der Waals surface area (Å²) >= 11 is 5.59. The van der Waals surface area contributed by atoms with Gasteiger partial charge in [0.1, 0.15) is 5.41 Å². The number of benzene rings is 1. The number of halogens is 4. The van der Waals surface area contributed by atoms with Crippen molar-refractivity contribution in [3.05, 3.63) is 28.8 Å². The van der Waals surface area contributed by atoms with Gasteiger partial charge < -0.3 is 10.6 Å². The Morgan fingerprint density at radius 1 is 1.17 bits per heavy atom. The number of rotatable bonds is 5. The first-order chi connectivity index (χ1) is 10.9. The molecule has 0 atom stereocenters. The largest absolute Gasteiger partial charge is 0.418 e. The van der Waals surface area contributed by atoms with Gasteiger partial charge in [-0.15, -0.1) is 0 Å². The molecule has 0 radical (unpaired) electrons. The zero-order valence-corrected chi connectivity index (χ0v) is 14.6. The van der Waals surface area contributed by atoms with E-state index in [0.717, 1.165) is 12.1 Å². The van der Waals surface area contributed by atoms with Crippen LogP contribution in [0.15, 0.2) is 18.2 Å². The molecule has 1 aromatic rings. The lowest BCUT2D eigenvalue weighted by atomic mass is 9.90. The van der Waals surface area contributed by atoms with Crippen LogP contribution in [0.25, 0.3) is 0 Å². The standard InChI is InChI=1S/C16H20ClF3N2O2/c1-9(2)8-21-13(23)15(3,4)14(24)22-12-6-5-10(17)7-11(12)16(18,19)20/h5-7,9H,8H2,1-4H3,(H,21,23)(H,22,24). The number of nitrogens with one attached hydrogen (secondary N) is 2. The second kappa shape index (κ2) is 7.42. The summed E-state index contributed by atoms with van der Waals surface area (Å²) in [5, 5.41) is 4.67. The molecule has 24 heavy (non-hydrogen) atoms. The van der Waals surface area contributed by atoms with Gasteiger partial charge in [-0.1, -0.05) is 25.4 Å². The molecule has 0 aliphatic rings. The minimum absolute atomic E-state index is 0.103. The van der Waals surface area contributed by atoms with E-state index >= 15 is 0 Å². The van der Waals surface area contributed by atoms with Crippen molar-refractivity contribution in [2.45, 2.75) is 33.9 Å². The average molecular weight is 365 g/mol. The highest BCUT2D eigenvalue weighted by Gasteiger charge is 2.39. The van der Waals surface area contributed by atoms with Gasteiger partial charge in [0.05, 0.1) is 11.3 Å². The van der Waals surface area contributed by atoms with Crippen molar-refractivity contribution in [3.63, 3.8) is 0 Å². The first-order valence-electron chi connectivity index (χ1n) is 7.32. The molecule has 0 fully saturated rings. The Morgan fingerprint density at radius 3 is 2.25 bits per heavy atom. The molecule has 1 rings (SSSR count). The lowest BCUT2D eigenvalue weighted by Crippen LogP contribution is -2.46. The summed E-state index contributed by atoms with van der Waals surface area (Å²) in [6.45, 7) is 6.83. The highest BCUT2D eigenvalue weighted by Crippen LogP contribution is 2.37. The van der Waals surface area contributed by atoms with Crippen molar-refractivity contribution >= 4 is 29.1 Å². The minimum Gasteiger partial charge on any atom is -0.355 e. The number of alkyl halides is 3. The van der Waals surface area contributed by atoms with E-state index in [1.165, 1.54) is 19.9 Å². The highest BCUT2D eigenvalue weighted by molar-refractivity contribution is 6.30. The van der Waals surface area contributed by atoms with Gasteiger partial charge in [-0.05, 0) is 38.0 Å². The number of hydrogen-bond donors (Lipinski definition) is 2. The zero-order valence-electron chi connectivity index (χ0n) is 13.8. The third-order valence-electron chi connectivity index (χ3n) is 3.34. The number of amides is 2. The third-order valence-corrected chi connectivity index (χ3v) is 3.58. The van der Waals surface area contributed by atoms with E-state index in [9.17, 15) is 22.8 Å². The molecule has 0 unspecified atom stereocenters. The van der Waals surface area contributed by atoms with E-state index in [1.807, 2.05) is 13.8 Å². The Balaban J connectivity index is 3.00. The fourth-order valence-electron chi connectivity index (χ4n) is 1.76. The Labute approximate surface area is 143 Å². The van der Waals surface area contributed by atoms with Gasteiger partial charge in [0.25, 0.3) is 0 Å². The summed E-state index contributed by atoms with van der Waals surface area (Å²) in [6, 6.07) is 3.02. The maximum Gasteiger partial charge on any atom is 0.418 e. The van der Waals surface area contributed by atoms with Crippen LogP contribution in [0.2, 0.25) is 5.02 Å². The molecule has 2 N–H and O–H groups in total. The Hall–Kier alpha value is -1.76. The average Bonchev–Trinajstić information content (AvgIpc) is 2.45. The van der Waals surface area contributed by atoms with E-state index in [1.54, 1.807) is 0 Å². The maximum atomic E-state index is 13.1. The fourth-order valence-corrected chi connectivity index (χ4v) is 1.93. The molecule has 0 bridgehead atoms. The molecule has 134 valence electrons. The van der Waals surface area contributed by atoms with Crippen molar-refractivity contribution < 1.29 is 22.8 Å². The molecule has 0 saturated heterocycles. The van der Waals surface area contributed by atoms with Crippen LogP contribution < -0.4 is 10.6 Å². The molecule has 0 aromatic heterocycles. The summed E-state index contributed by atoms with van der Waals surface area (Å²) in [7, 11) is 0. The molecule has 4 nitrogen and oxygen atoms in total. The number of carbonyl (C=O) groups is 2. The van der Waals surface area contributed by atoms with Gasteiger partial charge >= 0.3 is 6.18 Å². The normalized spacial score (nSPS) is 12.2. The van der Waals surface area contributed by atoms with Gasteiger partial charge in [-0.3, -0.25) is 9.59 Å². The van der Waals surface area contributed by atoms with E-state index in [2.05, 4.69) is 10.6 Å². The van der Waals surface area contributed by atoms with Gasteiger partial charge in [0.2, 0.25) is 11.8 Å². The molecule has 2 amide bonds. The zero-order chi connectivity index (χ0) is 18.7. The fraction of sp³-hybridized carbons (Fsp3) is 0.500. The molecule has 0 aliphatic carbocycles. The molecule has 0 heterocycles. The highest BCUT2D eigenvalue weighted by atomic mass is 35.5. The van der Waals surface area contributed by atoms with Crippen molar-refractivity contribution in [2.75, 3.05) is 11.9 Å². The van der Waals surface area contributed by atoms with Crippen LogP contribution in [-0.4, -0.2) is 18.4 Å². The molecule has 0 saturated carbocycles.